The van der Waals surface area contributed by atoms with Gasteiger partial charge in [0.15, 0.2) is 9.84 Å². The molecule has 0 bridgehead atoms. The summed E-state index contributed by atoms with van der Waals surface area (Å²) in [5.74, 6) is 0.109. The van der Waals surface area contributed by atoms with Crippen LogP contribution in [-0.2, 0) is 9.84 Å². The summed E-state index contributed by atoms with van der Waals surface area (Å²) < 4.78 is 23.9. The summed E-state index contributed by atoms with van der Waals surface area (Å²) in [7, 11) is -3.17. The van der Waals surface area contributed by atoms with Crippen molar-refractivity contribution in [3.63, 3.8) is 0 Å². The van der Waals surface area contributed by atoms with Crippen LogP contribution in [0, 0.1) is 0 Å². The van der Waals surface area contributed by atoms with Crippen molar-refractivity contribution in [1.82, 2.24) is 0 Å². The zero-order valence-electron chi connectivity index (χ0n) is 17.9. The molecule has 0 spiro atoms. The highest BCUT2D eigenvalue weighted by Gasteiger charge is 2.12. The number of benzene rings is 4. The van der Waals surface area contributed by atoms with E-state index in [1.807, 2.05) is 60.7 Å². The second-order valence-corrected chi connectivity index (χ2v) is 9.68. The van der Waals surface area contributed by atoms with Gasteiger partial charge in [0, 0.05) is 17.1 Å². The standard InChI is InChI=1S/C28H25NO2S/c1-2-32(30,31)28-21-17-24(18-22-28)14-13-23-15-19-27(20-16-23)29(25-9-5-3-6-10-25)26-11-7-4-8-12-26/h3-22H,2H2,1H3/b14-13+. The van der Waals surface area contributed by atoms with E-state index in [9.17, 15) is 8.42 Å². The van der Waals surface area contributed by atoms with Gasteiger partial charge in [-0.05, 0) is 59.7 Å². The van der Waals surface area contributed by atoms with E-state index in [1.165, 1.54) is 0 Å². The maximum atomic E-state index is 12.0. The Balaban J connectivity index is 1.56. The zero-order chi connectivity index (χ0) is 22.4. The number of para-hydroxylation sites is 2. The third-order valence-corrected chi connectivity index (χ3v) is 7.02. The van der Waals surface area contributed by atoms with Crippen LogP contribution in [-0.4, -0.2) is 14.2 Å². The Kier molecular flexibility index (Phi) is 6.52. The minimum absolute atomic E-state index is 0.109. The molecule has 0 aliphatic rings. The highest BCUT2D eigenvalue weighted by atomic mass is 32.2. The van der Waals surface area contributed by atoms with E-state index in [1.54, 1.807) is 19.1 Å². The first-order valence-electron chi connectivity index (χ1n) is 10.6. The van der Waals surface area contributed by atoms with Gasteiger partial charge in [-0.15, -0.1) is 0 Å². The lowest BCUT2D eigenvalue weighted by molar-refractivity contribution is 0.597. The minimum atomic E-state index is -3.17. The van der Waals surface area contributed by atoms with Crippen LogP contribution in [0.4, 0.5) is 17.1 Å². The fourth-order valence-electron chi connectivity index (χ4n) is 3.48. The number of rotatable bonds is 7. The molecule has 0 radical (unpaired) electrons. The van der Waals surface area contributed by atoms with E-state index in [0.717, 1.165) is 28.2 Å². The van der Waals surface area contributed by atoms with Crippen molar-refractivity contribution in [1.29, 1.82) is 0 Å². The molecule has 0 saturated carbocycles. The van der Waals surface area contributed by atoms with Crippen molar-refractivity contribution in [3.8, 4) is 0 Å². The molecule has 160 valence electrons. The lowest BCUT2D eigenvalue weighted by Crippen LogP contribution is -2.09. The van der Waals surface area contributed by atoms with Gasteiger partial charge in [0.1, 0.15) is 0 Å². The first-order valence-corrected chi connectivity index (χ1v) is 12.2. The highest BCUT2D eigenvalue weighted by Crippen LogP contribution is 2.34. The van der Waals surface area contributed by atoms with E-state index >= 15 is 0 Å². The molecule has 0 aliphatic heterocycles. The van der Waals surface area contributed by atoms with Crippen LogP contribution in [0.15, 0.2) is 114 Å². The fraction of sp³-hybridized carbons (Fsp3) is 0.0714. The molecule has 0 unspecified atom stereocenters. The van der Waals surface area contributed by atoms with E-state index in [-0.39, 0.29) is 5.75 Å². The molecule has 0 amide bonds. The van der Waals surface area contributed by atoms with Crippen LogP contribution in [0.5, 0.6) is 0 Å². The van der Waals surface area contributed by atoms with Gasteiger partial charge in [0.2, 0.25) is 0 Å². The Hall–Kier alpha value is -3.63. The quantitative estimate of drug-likeness (QED) is 0.288. The molecule has 3 nitrogen and oxygen atoms in total. The average Bonchev–Trinajstić information content (AvgIpc) is 2.85. The molecule has 4 aromatic carbocycles. The normalized spacial score (nSPS) is 11.5. The van der Waals surface area contributed by atoms with E-state index in [2.05, 4.69) is 53.4 Å². The molecule has 4 aromatic rings. The van der Waals surface area contributed by atoms with Crippen LogP contribution >= 0.6 is 0 Å². The van der Waals surface area contributed by atoms with Gasteiger partial charge in [-0.3, -0.25) is 0 Å². The topological polar surface area (TPSA) is 37.4 Å². The Morgan fingerprint density at radius 1 is 0.594 bits per heavy atom. The van der Waals surface area contributed by atoms with Gasteiger partial charge in [0.05, 0.1) is 10.6 Å². The molecule has 0 atom stereocenters. The summed E-state index contributed by atoms with van der Waals surface area (Å²) in [5.41, 5.74) is 5.31. The summed E-state index contributed by atoms with van der Waals surface area (Å²) in [5, 5.41) is 0. The fourth-order valence-corrected chi connectivity index (χ4v) is 4.37. The number of hydrogen-bond acceptors (Lipinski definition) is 3. The monoisotopic (exact) mass is 439 g/mol. The van der Waals surface area contributed by atoms with Gasteiger partial charge in [-0.1, -0.05) is 79.7 Å². The zero-order valence-corrected chi connectivity index (χ0v) is 18.7. The molecule has 4 rings (SSSR count). The molecule has 4 heteroatoms. The average molecular weight is 440 g/mol. The van der Waals surface area contributed by atoms with E-state index < -0.39 is 9.84 Å². The molecule has 0 heterocycles. The molecular weight excluding hydrogens is 414 g/mol. The van der Waals surface area contributed by atoms with Crippen LogP contribution in [0.3, 0.4) is 0 Å². The van der Waals surface area contributed by atoms with Crippen molar-refractivity contribution in [2.75, 3.05) is 10.7 Å². The molecule has 0 saturated heterocycles. The third kappa shape index (κ3) is 4.98. The highest BCUT2D eigenvalue weighted by molar-refractivity contribution is 7.91. The van der Waals surface area contributed by atoms with Gasteiger partial charge < -0.3 is 4.90 Å². The molecule has 0 fully saturated rings. The Bertz CT molecular complexity index is 1240. The number of hydrogen-bond donors (Lipinski definition) is 0. The molecule has 0 aliphatic carbocycles. The summed E-state index contributed by atoms with van der Waals surface area (Å²) >= 11 is 0. The Labute approximate surface area is 190 Å². The van der Waals surface area contributed by atoms with Crippen LogP contribution in [0.25, 0.3) is 12.2 Å². The summed E-state index contributed by atoms with van der Waals surface area (Å²) in [4.78, 5) is 2.59. The summed E-state index contributed by atoms with van der Waals surface area (Å²) in [6.45, 7) is 1.66. The first-order chi connectivity index (χ1) is 15.6. The second kappa shape index (κ2) is 9.67. The predicted molar refractivity (Wildman–Crippen MR) is 134 cm³/mol. The van der Waals surface area contributed by atoms with E-state index in [4.69, 9.17) is 0 Å². The maximum Gasteiger partial charge on any atom is 0.178 e. The lowest BCUT2D eigenvalue weighted by atomic mass is 10.1. The van der Waals surface area contributed by atoms with Crippen molar-refractivity contribution in [2.45, 2.75) is 11.8 Å². The SMILES string of the molecule is CCS(=O)(=O)c1ccc(/C=C/c2ccc(N(c3ccccc3)c3ccccc3)cc2)cc1. The Morgan fingerprint density at radius 2 is 1.00 bits per heavy atom. The van der Waals surface area contributed by atoms with Crippen LogP contribution < -0.4 is 4.90 Å². The maximum absolute atomic E-state index is 12.0. The summed E-state index contributed by atoms with van der Waals surface area (Å²) in [6, 6.07) is 36.0. The second-order valence-electron chi connectivity index (χ2n) is 7.40. The van der Waals surface area contributed by atoms with Gasteiger partial charge in [-0.2, -0.15) is 0 Å². The van der Waals surface area contributed by atoms with Crippen LogP contribution in [0.1, 0.15) is 18.1 Å². The largest absolute Gasteiger partial charge is 0.311 e. The number of sulfone groups is 1. The smallest absolute Gasteiger partial charge is 0.178 e. The molecule has 0 N–H and O–H groups in total. The van der Waals surface area contributed by atoms with Gasteiger partial charge in [-0.25, -0.2) is 8.42 Å². The van der Waals surface area contributed by atoms with Gasteiger partial charge >= 0.3 is 0 Å². The summed E-state index contributed by atoms with van der Waals surface area (Å²) in [6.07, 6.45) is 4.02. The minimum Gasteiger partial charge on any atom is -0.311 e. The van der Waals surface area contributed by atoms with E-state index in [0.29, 0.717) is 4.90 Å². The number of anilines is 3. The van der Waals surface area contributed by atoms with Crippen molar-refractivity contribution in [3.05, 3.63) is 120 Å². The van der Waals surface area contributed by atoms with Crippen molar-refractivity contribution >= 4 is 39.1 Å². The van der Waals surface area contributed by atoms with Gasteiger partial charge in [0.25, 0.3) is 0 Å². The predicted octanol–water partition coefficient (Wildman–Crippen LogP) is 7.12. The van der Waals surface area contributed by atoms with Crippen molar-refractivity contribution in [2.24, 2.45) is 0 Å². The lowest BCUT2D eigenvalue weighted by Gasteiger charge is -2.25. The molecule has 32 heavy (non-hydrogen) atoms. The Morgan fingerprint density at radius 3 is 1.44 bits per heavy atom. The first kappa shape index (κ1) is 21.6. The third-order valence-electron chi connectivity index (χ3n) is 5.27. The number of nitrogens with zero attached hydrogens (tertiary/aromatic N) is 1. The van der Waals surface area contributed by atoms with Crippen molar-refractivity contribution < 1.29 is 8.42 Å². The molecular formula is C28H25NO2S. The van der Waals surface area contributed by atoms with Crippen LogP contribution in [0.2, 0.25) is 0 Å². The molecule has 0 aromatic heterocycles.